The number of hydrogen-bond donors (Lipinski definition) is 1. The first-order valence-corrected chi connectivity index (χ1v) is 4.95. The van der Waals surface area contributed by atoms with Crippen LogP contribution < -0.4 is 5.32 Å². The highest BCUT2D eigenvalue weighted by Crippen LogP contribution is 2.12. The SMILES string of the molecule is O=C1CNC(=O)N1/N=C/c1ccccc1Cl. The van der Waals surface area contributed by atoms with Crippen LogP contribution in [0.25, 0.3) is 0 Å². The highest BCUT2D eigenvalue weighted by molar-refractivity contribution is 6.33. The largest absolute Gasteiger partial charge is 0.345 e. The molecule has 82 valence electrons. The van der Waals surface area contributed by atoms with E-state index in [4.69, 9.17) is 11.6 Å². The maximum Gasteiger partial charge on any atom is 0.345 e. The number of hydrazone groups is 1. The summed E-state index contributed by atoms with van der Waals surface area (Å²) in [5, 5.41) is 7.43. The summed E-state index contributed by atoms with van der Waals surface area (Å²) in [6, 6.07) is 6.50. The van der Waals surface area contributed by atoms with Gasteiger partial charge in [0.25, 0.3) is 5.91 Å². The third-order valence-electron chi connectivity index (χ3n) is 2.04. The predicted molar refractivity (Wildman–Crippen MR) is 59.3 cm³/mol. The Morgan fingerprint density at radius 1 is 1.38 bits per heavy atom. The first-order chi connectivity index (χ1) is 7.68. The zero-order valence-corrected chi connectivity index (χ0v) is 8.94. The molecule has 6 heteroatoms. The van der Waals surface area contributed by atoms with Crippen molar-refractivity contribution in [2.45, 2.75) is 0 Å². The fraction of sp³-hybridized carbons (Fsp3) is 0.100. The summed E-state index contributed by atoms with van der Waals surface area (Å²) >= 11 is 5.89. The summed E-state index contributed by atoms with van der Waals surface area (Å²) in [5.41, 5.74) is 0.650. The van der Waals surface area contributed by atoms with E-state index < -0.39 is 6.03 Å². The van der Waals surface area contributed by atoms with Crippen LogP contribution in [0, 0.1) is 0 Å². The zero-order chi connectivity index (χ0) is 11.5. The van der Waals surface area contributed by atoms with E-state index >= 15 is 0 Å². The molecule has 1 aromatic rings. The Balaban J connectivity index is 2.18. The average molecular weight is 238 g/mol. The molecule has 3 amide bonds. The molecular formula is C10H8ClN3O2. The molecule has 1 aromatic carbocycles. The minimum atomic E-state index is -0.520. The lowest BCUT2D eigenvalue weighted by atomic mass is 10.2. The molecule has 0 aliphatic carbocycles. The molecular weight excluding hydrogens is 230 g/mol. The molecule has 0 radical (unpaired) electrons. The second-order valence-corrected chi connectivity index (χ2v) is 3.54. The van der Waals surface area contributed by atoms with Crippen molar-refractivity contribution in [1.29, 1.82) is 0 Å². The molecule has 2 rings (SSSR count). The van der Waals surface area contributed by atoms with Gasteiger partial charge in [0.2, 0.25) is 0 Å². The van der Waals surface area contributed by atoms with Crippen molar-refractivity contribution in [3.8, 4) is 0 Å². The van der Waals surface area contributed by atoms with Gasteiger partial charge in [-0.1, -0.05) is 29.8 Å². The number of amides is 3. The molecule has 5 nitrogen and oxygen atoms in total. The number of rotatable bonds is 2. The predicted octanol–water partition coefficient (Wildman–Crippen LogP) is 1.23. The van der Waals surface area contributed by atoms with Gasteiger partial charge in [0.1, 0.15) is 6.54 Å². The van der Waals surface area contributed by atoms with Crippen LogP contribution in [0.15, 0.2) is 29.4 Å². The maximum absolute atomic E-state index is 11.2. The lowest BCUT2D eigenvalue weighted by Crippen LogP contribution is -2.25. The van der Waals surface area contributed by atoms with Crippen molar-refractivity contribution in [3.05, 3.63) is 34.9 Å². The molecule has 0 atom stereocenters. The number of benzene rings is 1. The van der Waals surface area contributed by atoms with E-state index in [0.717, 1.165) is 5.01 Å². The van der Waals surface area contributed by atoms with E-state index in [1.165, 1.54) is 6.21 Å². The molecule has 1 aliphatic heterocycles. The van der Waals surface area contributed by atoms with Crippen LogP contribution in [0.5, 0.6) is 0 Å². The number of imide groups is 1. The van der Waals surface area contributed by atoms with Crippen molar-refractivity contribution in [2.24, 2.45) is 5.10 Å². The molecule has 16 heavy (non-hydrogen) atoms. The monoisotopic (exact) mass is 237 g/mol. The van der Waals surface area contributed by atoms with Gasteiger partial charge in [-0.3, -0.25) is 4.79 Å². The molecule has 1 fully saturated rings. The number of hydrogen-bond acceptors (Lipinski definition) is 3. The minimum Gasteiger partial charge on any atom is -0.327 e. The number of carbonyl (C=O) groups is 2. The summed E-state index contributed by atoms with van der Waals surface area (Å²) in [5.74, 6) is -0.381. The lowest BCUT2D eigenvalue weighted by molar-refractivity contribution is -0.124. The van der Waals surface area contributed by atoms with E-state index in [-0.39, 0.29) is 12.5 Å². The fourth-order valence-electron chi connectivity index (χ4n) is 1.23. The molecule has 0 aromatic heterocycles. The fourth-order valence-corrected chi connectivity index (χ4v) is 1.42. The third kappa shape index (κ3) is 2.04. The first kappa shape index (κ1) is 10.6. The summed E-state index contributed by atoms with van der Waals surface area (Å²) in [4.78, 5) is 22.3. The van der Waals surface area contributed by atoms with E-state index in [1.807, 2.05) is 0 Å². The summed E-state index contributed by atoms with van der Waals surface area (Å²) in [7, 11) is 0. The van der Waals surface area contributed by atoms with Gasteiger partial charge in [-0.25, -0.2) is 4.79 Å². The summed E-state index contributed by atoms with van der Waals surface area (Å²) in [6.07, 6.45) is 1.38. The van der Waals surface area contributed by atoms with E-state index in [1.54, 1.807) is 24.3 Å². The number of nitrogens with zero attached hydrogens (tertiary/aromatic N) is 2. The van der Waals surface area contributed by atoms with Gasteiger partial charge < -0.3 is 5.32 Å². The molecule has 0 bridgehead atoms. The molecule has 1 heterocycles. The van der Waals surface area contributed by atoms with Gasteiger partial charge in [0.15, 0.2) is 0 Å². The Kier molecular flexibility index (Phi) is 2.87. The van der Waals surface area contributed by atoms with E-state index in [2.05, 4.69) is 10.4 Å². The second-order valence-electron chi connectivity index (χ2n) is 3.13. The minimum absolute atomic E-state index is 0.0152. The van der Waals surface area contributed by atoms with Gasteiger partial charge in [0, 0.05) is 10.6 Å². The van der Waals surface area contributed by atoms with Crippen molar-refractivity contribution >= 4 is 29.8 Å². The Bertz CT molecular complexity index is 457. The second kappa shape index (κ2) is 4.32. The van der Waals surface area contributed by atoms with Crippen molar-refractivity contribution < 1.29 is 9.59 Å². The van der Waals surface area contributed by atoms with Crippen molar-refractivity contribution in [1.82, 2.24) is 10.3 Å². The quantitative estimate of drug-likeness (QED) is 0.621. The van der Waals surface area contributed by atoms with Crippen LogP contribution in [0.1, 0.15) is 5.56 Å². The smallest absolute Gasteiger partial charge is 0.327 e. The molecule has 0 unspecified atom stereocenters. The topological polar surface area (TPSA) is 61.8 Å². The van der Waals surface area contributed by atoms with Gasteiger partial charge in [-0.15, -0.1) is 5.01 Å². The lowest BCUT2D eigenvalue weighted by Gasteiger charge is -2.03. The van der Waals surface area contributed by atoms with Crippen molar-refractivity contribution in [2.75, 3.05) is 6.54 Å². The number of halogens is 1. The van der Waals surface area contributed by atoms with Gasteiger partial charge in [-0.2, -0.15) is 5.10 Å². The molecule has 1 aliphatic rings. The first-order valence-electron chi connectivity index (χ1n) is 4.58. The van der Waals surface area contributed by atoms with Gasteiger partial charge in [0.05, 0.1) is 6.21 Å². The zero-order valence-electron chi connectivity index (χ0n) is 8.18. The number of urea groups is 1. The van der Waals surface area contributed by atoms with Crippen LogP contribution in [0.3, 0.4) is 0 Å². The molecule has 0 spiro atoms. The summed E-state index contributed by atoms with van der Waals surface area (Å²) < 4.78 is 0. The Labute approximate surface area is 96.7 Å². The van der Waals surface area contributed by atoms with Crippen LogP contribution in [0.4, 0.5) is 4.79 Å². The van der Waals surface area contributed by atoms with E-state index in [9.17, 15) is 9.59 Å². The average Bonchev–Trinajstić information content (AvgIpc) is 2.58. The normalized spacial score (nSPS) is 15.9. The van der Waals surface area contributed by atoms with Crippen LogP contribution in [-0.4, -0.2) is 29.7 Å². The van der Waals surface area contributed by atoms with Gasteiger partial charge >= 0.3 is 6.03 Å². The summed E-state index contributed by atoms with van der Waals surface area (Å²) in [6.45, 7) is -0.0152. The number of carbonyl (C=O) groups excluding carboxylic acids is 2. The Hall–Kier alpha value is -1.88. The van der Waals surface area contributed by atoms with Gasteiger partial charge in [-0.05, 0) is 6.07 Å². The van der Waals surface area contributed by atoms with Crippen LogP contribution in [0.2, 0.25) is 5.02 Å². The third-order valence-corrected chi connectivity index (χ3v) is 2.38. The standard InChI is InChI=1S/C10H8ClN3O2/c11-8-4-2-1-3-7(8)5-13-14-9(15)6-12-10(14)16/h1-5H,6H2,(H,12,16)/b13-5+. The highest BCUT2D eigenvalue weighted by atomic mass is 35.5. The Morgan fingerprint density at radius 2 is 2.12 bits per heavy atom. The Morgan fingerprint density at radius 3 is 2.75 bits per heavy atom. The maximum atomic E-state index is 11.2. The highest BCUT2D eigenvalue weighted by Gasteiger charge is 2.27. The van der Waals surface area contributed by atoms with Crippen LogP contribution >= 0.6 is 11.6 Å². The number of nitrogens with one attached hydrogen (secondary N) is 1. The van der Waals surface area contributed by atoms with Crippen molar-refractivity contribution in [3.63, 3.8) is 0 Å². The van der Waals surface area contributed by atoms with Crippen LogP contribution in [-0.2, 0) is 4.79 Å². The molecule has 1 N–H and O–H groups in total. The molecule has 0 saturated carbocycles. The van der Waals surface area contributed by atoms with E-state index in [0.29, 0.717) is 10.6 Å². The molecule has 1 saturated heterocycles.